The molecule has 0 aliphatic carbocycles. The zero-order valence-electron chi connectivity index (χ0n) is 16.7. The molecular weight excluding hydrogens is 441 g/mol. The third kappa shape index (κ3) is 11.5. The predicted molar refractivity (Wildman–Crippen MR) is 123 cm³/mol. The second-order valence-electron chi connectivity index (χ2n) is 6.09. The fourth-order valence-electron chi connectivity index (χ4n) is 2.42. The van der Waals surface area contributed by atoms with Crippen LogP contribution in [0.5, 0.6) is 0 Å². The van der Waals surface area contributed by atoms with Gasteiger partial charge in [-0.3, -0.25) is 4.99 Å². The van der Waals surface area contributed by atoms with Crippen molar-refractivity contribution in [2.75, 3.05) is 72.0 Å². The van der Waals surface area contributed by atoms with E-state index in [1.54, 1.807) is 7.11 Å². The highest BCUT2D eigenvalue weighted by molar-refractivity contribution is 14.0. The van der Waals surface area contributed by atoms with Crippen molar-refractivity contribution in [3.63, 3.8) is 0 Å². The van der Waals surface area contributed by atoms with Crippen LogP contribution in [0.1, 0.15) is 13.3 Å². The molecule has 0 aliphatic heterocycles. The van der Waals surface area contributed by atoms with Gasteiger partial charge in [-0.05, 0) is 32.5 Å². The number of halogens is 1. The maximum Gasteiger partial charge on any atom is 0.191 e. The average molecular weight is 477 g/mol. The highest BCUT2D eigenvalue weighted by atomic mass is 127. The van der Waals surface area contributed by atoms with Crippen molar-refractivity contribution in [3.8, 4) is 0 Å². The van der Waals surface area contributed by atoms with Gasteiger partial charge in [-0.15, -0.1) is 24.0 Å². The lowest BCUT2D eigenvalue weighted by molar-refractivity contribution is 0.180. The summed E-state index contributed by atoms with van der Waals surface area (Å²) in [6.45, 7) is 8.31. The SMILES string of the molecule is CCNC(=NCCN(C)CCCOC)NCCN(C)c1ccccc1.I. The van der Waals surface area contributed by atoms with E-state index in [4.69, 9.17) is 4.74 Å². The van der Waals surface area contributed by atoms with E-state index >= 15 is 0 Å². The lowest BCUT2D eigenvalue weighted by Gasteiger charge is -2.20. The minimum Gasteiger partial charge on any atom is -0.385 e. The van der Waals surface area contributed by atoms with Gasteiger partial charge in [0.15, 0.2) is 5.96 Å². The monoisotopic (exact) mass is 477 g/mol. The van der Waals surface area contributed by atoms with Gasteiger partial charge >= 0.3 is 0 Å². The van der Waals surface area contributed by atoms with Crippen molar-refractivity contribution in [2.45, 2.75) is 13.3 Å². The number of guanidine groups is 1. The van der Waals surface area contributed by atoms with Crippen LogP contribution in [-0.2, 0) is 4.74 Å². The molecule has 0 saturated heterocycles. The van der Waals surface area contributed by atoms with Crippen LogP contribution in [0.4, 0.5) is 5.69 Å². The molecule has 0 aromatic heterocycles. The molecule has 0 heterocycles. The fraction of sp³-hybridized carbons (Fsp3) is 0.632. The molecule has 0 amide bonds. The standard InChI is InChI=1S/C19H35N5O.HI/c1-5-20-19(21-12-15-23(2)14-9-17-25-4)22-13-16-24(3)18-10-7-6-8-11-18;/h6-8,10-11H,5,9,12-17H2,1-4H3,(H2,20,21,22);1H. The lowest BCUT2D eigenvalue weighted by atomic mass is 10.3. The first-order valence-electron chi connectivity index (χ1n) is 9.13. The van der Waals surface area contributed by atoms with Crippen LogP contribution in [-0.4, -0.2) is 77.9 Å². The second-order valence-corrected chi connectivity index (χ2v) is 6.09. The van der Waals surface area contributed by atoms with Crippen LogP contribution < -0.4 is 15.5 Å². The van der Waals surface area contributed by atoms with Crippen molar-refractivity contribution < 1.29 is 4.74 Å². The Morgan fingerprint density at radius 2 is 1.81 bits per heavy atom. The van der Waals surface area contributed by atoms with E-state index in [-0.39, 0.29) is 24.0 Å². The van der Waals surface area contributed by atoms with E-state index in [9.17, 15) is 0 Å². The Kier molecular flexibility index (Phi) is 15.5. The summed E-state index contributed by atoms with van der Waals surface area (Å²) in [6, 6.07) is 10.4. The van der Waals surface area contributed by atoms with Crippen LogP contribution in [0.2, 0.25) is 0 Å². The van der Waals surface area contributed by atoms with Crippen LogP contribution in [0.3, 0.4) is 0 Å². The normalized spacial score (nSPS) is 11.2. The predicted octanol–water partition coefficient (Wildman–Crippen LogP) is 2.26. The molecule has 0 fully saturated rings. The van der Waals surface area contributed by atoms with E-state index < -0.39 is 0 Å². The maximum atomic E-state index is 5.08. The lowest BCUT2D eigenvalue weighted by Crippen LogP contribution is -2.41. The van der Waals surface area contributed by atoms with Crippen LogP contribution in [0, 0.1) is 0 Å². The third-order valence-corrected chi connectivity index (χ3v) is 3.92. The maximum absolute atomic E-state index is 5.08. The van der Waals surface area contributed by atoms with Gasteiger partial charge in [0.05, 0.1) is 6.54 Å². The minimum atomic E-state index is 0. The summed E-state index contributed by atoms with van der Waals surface area (Å²) in [5, 5.41) is 6.71. The van der Waals surface area contributed by atoms with Gasteiger partial charge in [-0.2, -0.15) is 0 Å². The van der Waals surface area contributed by atoms with Crippen molar-refractivity contribution >= 4 is 35.6 Å². The zero-order chi connectivity index (χ0) is 18.3. The number of ether oxygens (including phenoxy) is 1. The summed E-state index contributed by atoms with van der Waals surface area (Å²) in [7, 11) is 5.98. The first-order chi connectivity index (χ1) is 12.2. The molecular formula is C19H36IN5O. The number of nitrogens with zero attached hydrogens (tertiary/aromatic N) is 3. The molecule has 0 spiro atoms. The second kappa shape index (κ2) is 16.1. The van der Waals surface area contributed by atoms with E-state index in [1.807, 2.05) is 6.07 Å². The van der Waals surface area contributed by atoms with Crippen LogP contribution in [0.25, 0.3) is 0 Å². The highest BCUT2D eigenvalue weighted by Crippen LogP contribution is 2.09. The Balaban J connectivity index is 0.00000625. The van der Waals surface area contributed by atoms with Crippen molar-refractivity contribution in [1.82, 2.24) is 15.5 Å². The molecule has 0 unspecified atom stereocenters. The van der Waals surface area contributed by atoms with E-state index in [2.05, 4.69) is 70.7 Å². The average Bonchev–Trinajstić information content (AvgIpc) is 2.62. The smallest absolute Gasteiger partial charge is 0.191 e. The molecule has 7 heteroatoms. The summed E-state index contributed by atoms with van der Waals surface area (Å²) < 4.78 is 5.08. The Hall–Kier alpha value is -1.06. The Morgan fingerprint density at radius 1 is 1.08 bits per heavy atom. The molecule has 0 aliphatic rings. The number of anilines is 1. The number of hydrogen-bond donors (Lipinski definition) is 2. The summed E-state index contributed by atoms with van der Waals surface area (Å²) in [6.07, 6.45) is 1.06. The first kappa shape index (κ1) is 24.9. The molecule has 1 rings (SSSR count). The fourth-order valence-corrected chi connectivity index (χ4v) is 2.42. The summed E-state index contributed by atoms with van der Waals surface area (Å²) in [4.78, 5) is 9.18. The van der Waals surface area contributed by atoms with Gasteiger partial charge in [0, 0.05) is 59.2 Å². The molecule has 1 aromatic rings. The number of hydrogen-bond acceptors (Lipinski definition) is 4. The summed E-state index contributed by atoms with van der Waals surface area (Å²) in [5.74, 6) is 0.884. The Morgan fingerprint density at radius 3 is 2.46 bits per heavy atom. The number of nitrogens with one attached hydrogen (secondary N) is 2. The molecule has 0 bridgehead atoms. The van der Waals surface area contributed by atoms with Crippen LogP contribution in [0.15, 0.2) is 35.3 Å². The van der Waals surface area contributed by atoms with E-state index in [0.717, 1.165) is 58.3 Å². The molecule has 0 radical (unpaired) electrons. The number of benzene rings is 1. The third-order valence-electron chi connectivity index (χ3n) is 3.92. The van der Waals surface area contributed by atoms with E-state index in [0.29, 0.717) is 0 Å². The Labute approximate surface area is 176 Å². The largest absolute Gasteiger partial charge is 0.385 e. The van der Waals surface area contributed by atoms with Crippen molar-refractivity contribution in [3.05, 3.63) is 30.3 Å². The summed E-state index contributed by atoms with van der Waals surface area (Å²) in [5.41, 5.74) is 1.23. The van der Waals surface area contributed by atoms with Crippen molar-refractivity contribution in [2.24, 2.45) is 4.99 Å². The highest BCUT2D eigenvalue weighted by Gasteiger charge is 2.02. The quantitative estimate of drug-likeness (QED) is 0.209. The molecule has 2 N–H and O–H groups in total. The Bertz CT molecular complexity index is 472. The number of methoxy groups -OCH3 is 1. The minimum absolute atomic E-state index is 0. The van der Waals surface area contributed by atoms with Crippen LogP contribution >= 0.6 is 24.0 Å². The molecule has 0 atom stereocenters. The number of rotatable bonds is 12. The number of para-hydroxylation sites is 1. The van der Waals surface area contributed by atoms with Gasteiger partial charge in [0.25, 0.3) is 0 Å². The van der Waals surface area contributed by atoms with Gasteiger partial charge in [-0.1, -0.05) is 18.2 Å². The molecule has 1 aromatic carbocycles. The molecule has 150 valence electrons. The number of aliphatic imine (C=N–C) groups is 1. The number of likely N-dealkylation sites (N-methyl/N-ethyl adjacent to an activating group) is 2. The molecule has 6 nitrogen and oxygen atoms in total. The first-order valence-corrected chi connectivity index (χ1v) is 9.13. The van der Waals surface area contributed by atoms with Gasteiger partial charge in [-0.25, -0.2) is 0 Å². The van der Waals surface area contributed by atoms with Gasteiger partial charge in [0.2, 0.25) is 0 Å². The van der Waals surface area contributed by atoms with Crippen molar-refractivity contribution in [1.29, 1.82) is 0 Å². The van der Waals surface area contributed by atoms with Gasteiger partial charge < -0.3 is 25.2 Å². The van der Waals surface area contributed by atoms with Gasteiger partial charge in [0.1, 0.15) is 0 Å². The zero-order valence-corrected chi connectivity index (χ0v) is 19.0. The summed E-state index contributed by atoms with van der Waals surface area (Å²) >= 11 is 0. The molecule has 26 heavy (non-hydrogen) atoms. The topological polar surface area (TPSA) is 52.1 Å². The van der Waals surface area contributed by atoms with E-state index in [1.165, 1.54) is 5.69 Å². The molecule has 0 saturated carbocycles.